The maximum Gasteiger partial charge on any atom is 0.461 e. The Morgan fingerprint density at radius 2 is 1.79 bits per heavy atom. The number of benzene rings is 2. The number of nitrogens with one attached hydrogen (secondary N) is 1. The lowest BCUT2D eigenvalue weighted by molar-refractivity contribution is -0.253. The number of halogens is 4. The van der Waals surface area contributed by atoms with Crippen molar-refractivity contribution in [3.63, 3.8) is 0 Å². The van der Waals surface area contributed by atoms with Crippen LogP contribution < -0.4 is 19.5 Å². The van der Waals surface area contributed by atoms with Gasteiger partial charge in [0.25, 0.3) is 12.4 Å². The van der Waals surface area contributed by atoms with E-state index < -0.39 is 35.9 Å². The molecule has 0 spiro atoms. The molecule has 0 radical (unpaired) electrons. The average Bonchev–Trinajstić information content (AvgIpc) is 2.75. The Morgan fingerprint density at radius 3 is 2.36 bits per heavy atom. The number of amides is 1. The Bertz CT molecular complexity index is 1090. The van der Waals surface area contributed by atoms with Crippen molar-refractivity contribution >= 4 is 30.1 Å². The normalized spacial score (nSPS) is 11.7. The van der Waals surface area contributed by atoms with Gasteiger partial charge in [0, 0.05) is 17.2 Å². The van der Waals surface area contributed by atoms with Crippen LogP contribution in [0.5, 0.6) is 17.2 Å². The van der Waals surface area contributed by atoms with E-state index in [1.54, 1.807) is 0 Å². The molecule has 0 aromatic heterocycles. The molecule has 2 aromatic carbocycles. The SMILES string of the molecule is COc1cc(OC=O)c(/C=C(\C)C(=O)Nc2ccccc2C(=O)O)cc1OC(F)(F)C(F)F. The molecule has 0 aliphatic carbocycles. The number of carboxylic acids is 1. The highest BCUT2D eigenvalue weighted by molar-refractivity contribution is 6.09. The summed E-state index contributed by atoms with van der Waals surface area (Å²) >= 11 is 0. The second-order valence-electron chi connectivity index (χ2n) is 6.35. The molecule has 0 fully saturated rings. The van der Waals surface area contributed by atoms with Gasteiger partial charge in [-0.15, -0.1) is 0 Å². The molecule has 0 heterocycles. The van der Waals surface area contributed by atoms with Crippen molar-refractivity contribution in [1.82, 2.24) is 0 Å². The van der Waals surface area contributed by atoms with E-state index in [-0.39, 0.29) is 34.6 Å². The molecule has 33 heavy (non-hydrogen) atoms. The molecule has 2 N–H and O–H groups in total. The zero-order valence-corrected chi connectivity index (χ0v) is 17.1. The lowest BCUT2D eigenvalue weighted by Crippen LogP contribution is -2.33. The summed E-state index contributed by atoms with van der Waals surface area (Å²) in [6.45, 7) is 1.31. The fourth-order valence-electron chi connectivity index (χ4n) is 2.55. The Balaban J connectivity index is 2.46. The highest BCUT2D eigenvalue weighted by atomic mass is 19.3. The maximum atomic E-state index is 13.4. The van der Waals surface area contributed by atoms with E-state index in [1.165, 1.54) is 31.2 Å². The van der Waals surface area contributed by atoms with Crippen LogP contribution in [0.4, 0.5) is 23.2 Å². The number of hydrogen-bond acceptors (Lipinski definition) is 6. The van der Waals surface area contributed by atoms with E-state index in [2.05, 4.69) is 10.1 Å². The first-order chi connectivity index (χ1) is 15.5. The number of anilines is 1. The average molecular weight is 471 g/mol. The number of alkyl halides is 4. The summed E-state index contributed by atoms with van der Waals surface area (Å²) in [4.78, 5) is 34.6. The number of rotatable bonds is 10. The predicted molar refractivity (Wildman–Crippen MR) is 107 cm³/mol. The van der Waals surface area contributed by atoms with E-state index in [4.69, 9.17) is 9.47 Å². The molecular formula is C21H17F4NO7. The van der Waals surface area contributed by atoms with Crippen LogP contribution in [0.25, 0.3) is 6.08 Å². The van der Waals surface area contributed by atoms with E-state index in [0.717, 1.165) is 25.3 Å². The maximum absolute atomic E-state index is 13.4. The lowest BCUT2D eigenvalue weighted by Gasteiger charge is -2.20. The van der Waals surface area contributed by atoms with Crippen molar-refractivity contribution in [1.29, 1.82) is 0 Å². The summed E-state index contributed by atoms with van der Waals surface area (Å²) in [5, 5.41) is 11.6. The second kappa shape index (κ2) is 10.5. The molecular weight excluding hydrogens is 454 g/mol. The van der Waals surface area contributed by atoms with Crippen LogP contribution in [0.15, 0.2) is 42.0 Å². The topological polar surface area (TPSA) is 111 Å². The van der Waals surface area contributed by atoms with E-state index in [9.17, 15) is 37.1 Å². The summed E-state index contributed by atoms with van der Waals surface area (Å²) < 4.78 is 65.6. The molecule has 176 valence electrons. The molecule has 0 aliphatic heterocycles. The number of hydrogen-bond donors (Lipinski definition) is 2. The smallest absolute Gasteiger partial charge is 0.461 e. The first kappa shape index (κ1) is 25.2. The summed E-state index contributed by atoms with van der Waals surface area (Å²) in [5.74, 6) is -3.57. The van der Waals surface area contributed by atoms with Crippen LogP contribution in [-0.2, 0) is 9.59 Å². The molecule has 0 saturated heterocycles. The molecule has 12 heteroatoms. The fraction of sp³-hybridized carbons (Fsp3) is 0.190. The summed E-state index contributed by atoms with van der Waals surface area (Å²) in [6.07, 6.45) is -7.91. The largest absolute Gasteiger partial charge is 0.493 e. The monoisotopic (exact) mass is 471 g/mol. The minimum atomic E-state index is -4.85. The van der Waals surface area contributed by atoms with Gasteiger partial charge >= 0.3 is 18.5 Å². The van der Waals surface area contributed by atoms with Gasteiger partial charge in [0.1, 0.15) is 5.75 Å². The van der Waals surface area contributed by atoms with Gasteiger partial charge in [-0.25, -0.2) is 4.79 Å². The van der Waals surface area contributed by atoms with Gasteiger partial charge in [-0.05, 0) is 31.2 Å². The first-order valence-electron chi connectivity index (χ1n) is 8.99. The number of para-hydroxylation sites is 1. The molecule has 8 nitrogen and oxygen atoms in total. The molecule has 0 bridgehead atoms. The van der Waals surface area contributed by atoms with E-state index in [1.807, 2.05) is 0 Å². The quantitative estimate of drug-likeness (QED) is 0.303. The minimum Gasteiger partial charge on any atom is -0.493 e. The van der Waals surface area contributed by atoms with Crippen molar-refractivity contribution in [3.05, 3.63) is 53.1 Å². The highest BCUT2D eigenvalue weighted by Gasteiger charge is 2.44. The molecule has 1 amide bonds. The number of methoxy groups -OCH3 is 1. The zero-order chi connectivity index (χ0) is 24.8. The van der Waals surface area contributed by atoms with Crippen LogP contribution in [0, 0.1) is 0 Å². The Labute approximate surface area is 184 Å². The van der Waals surface area contributed by atoms with Crippen LogP contribution >= 0.6 is 0 Å². The Morgan fingerprint density at radius 1 is 1.12 bits per heavy atom. The third-order valence-electron chi connectivity index (χ3n) is 4.11. The van der Waals surface area contributed by atoms with Crippen molar-refractivity contribution in [2.24, 2.45) is 0 Å². The number of carboxylic acid groups (broad SMARTS) is 1. The summed E-state index contributed by atoms with van der Waals surface area (Å²) in [5.41, 5.74) is -0.440. The van der Waals surface area contributed by atoms with Gasteiger partial charge in [0.05, 0.1) is 18.4 Å². The summed E-state index contributed by atoms with van der Waals surface area (Å²) in [6, 6.07) is 7.31. The van der Waals surface area contributed by atoms with Gasteiger partial charge < -0.3 is 24.6 Å². The molecule has 2 aromatic rings. The van der Waals surface area contributed by atoms with Crippen LogP contribution in [0.2, 0.25) is 0 Å². The number of carbonyl (C=O) groups is 3. The molecule has 0 unspecified atom stereocenters. The van der Waals surface area contributed by atoms with Gasteiger partial charge in [-0.1, -0.05) is 12.1 Å². The third-order valence-corrected chi connectivity index (χ3v) is 4.11. The minimum absolute atomic E-state index is 0.0116. The fourth-order valence-corrected chi connectivity index (χ4v) is 2.55. The van der Waals surface area contributed by atoms with Crippen LogP contribution in [0.1, 0.15) is 22.8 Å². The van der Waals surface area contributed by atoms with Crippen molar-refractivity contribution < 1.29 is 51.3 Å². The second-order valence-corrected chi connectivity index (χ2v) is 6.35. The zero-order valence-electron chi connectivity index (χ0n) is 17.1. The predicted octanol–water partition coefficient (Wildman–Crippen LogP) is 4.21. The van der Waals surface area contributed by atoms with E-state index in [0.29, 0.717) is 0 Å². The van der Waals surface area contributed by atoms with Gasteiger partial charge in [0.15, 0.2) is 11.5 Å². The first-order valence-corrected chi connectivity index (χ1v) is 8.99. The van der Waals surface area contributed by atoms with Crippen molar-refractivity contribution in [2.75, 3.05) is 12.4 Å². The van der Waals surface area contributed by atoms with E-state index >= 15 is 0 Å². The van der Waals surface area contributed by atoms with Gasteiger partial charge in [-0.3, -0.25) is 9.59 Å². The molecule has 0 saturated carbocycles. The number of ether oxygens (including phenoxy) is 3. The van der Waals surface area contributed by atoms with Gasteiger partial charge in [0.2, 0.25) is 0 Å². The molecule has 2 rings (SSSR count). The Hall–Kier alpha value is -4.09. The Kier molecular flexibility index (Phi) is 8.00. The van der Waals surface area contributed by atoms with Crippen molar-refractivity contribution in [2.45, 2.75) is 19.5 Å². The standard InChI is InChI=1S/C21H17F4NO7/c1-11(18(28)26-14-6-4-3-5-13(14)19(29)30)7-12-8-17(33-21(24,25)20(22)23)16(31-2)9-15(12)32-10-27/h3-10,20H,1-2H3,(H,26,28)(H,29,30)/b11-7+. The molecule has 0 atom stereocenters. The van der Waals surface area contributed by atoms with Crippen LogP contribution in [0.3, 0.4) is 0 Å². The number of aromatic carboxylic acids is 1. The lowest BCUT2D eigenvalue weighted by atomic mass is 10.1. The summed E-state index contributed by atoms with van der Waals surface area (Å²) in [7, 11) is 1.04. The highest BCUT2D eigenvalue weighted by Crippen LogP contribution is 2.39. The molecule has 0 aliphatic rings. The van der Waals surface area contributed by atoms with Gasteiger partial charge in [-0.2, -0.15) is 17.6 Å². The van der Waals surface area contributed by atoms with Crippen molar-refractivity contribution in [3.8, 4) is 17.2 Å². The van der Waals surface area contributed by atoms with Crippen LogP contribution in [-0.4, -0.2) is 43.1 Å². The number of carbonyl (C=O) groups excluding carboxylic acids is 2. The third kappa shape index (κ3) is 6.21.